The van der Waals surface area contributed by atoms with Crippen molar-refractivity contribution < 1.29 is 4.42 Å². The van der Waals surface area contributed by atoms with E-state index >= 15 is 0 Å². The molecule has 0 amide bonds. The van der Waals surface area contributed by atoms with E-state index in [1.807, 2.05) is 72.0 Å². The molecule has 0 aliphatic heterocycles. The van der Waals surface area contributed by atoms with Crippen LogP contribution in [0.5, 0.6) is 0 Å². The van der Waals surface area contributed by atoms with Gasteiger partial charge in [0.2, 0.25) is 0 Å². The molecule has 0 spiro atoms. The largest absolute Gasteiger partial charge is 0.455 e. The molecule has 0 saturated carbocycles. The van der Waals surface area contributed by atoms with Crippen molar-refractivity contribution in [2.75, 3.05) is 0 Å². The minimum atomic E-state index is -0.494. The van der Waals surface area contributed by atoms with Crippen LogP contribution in [0.4, 0.5) is 0 Å². The Hall–Kier alpha value is -7.99. The number of benzene rings is 9. The van der Waals surface area contributed by atoms with Crippen molar-refractivity contribution in [3.8, 4) is 56.4 Å². The van der Waals surface area contributed by atoms with Crippen LogP contribution in [0, 0.1) is 0 Å². The molecule has 0 fully saturated rings. The van der Waals surface area contributed by atoms with Crippen LogP contribution in [0.15, 0.2) is 217 Å². The standard InChI is InChI=1S/C58H35N3OS/c1-2-13-38(14-3-1)55-59-56(61-57(60-55)47-20-12-19-46-44-17-6-10-23-51(44)62-54(46)47)39-27-25-36(26-28-39)37-29-31-40(32-30-37)58(49-21-8-4-15-42(49)43-16-5-9-22-50(43)58)41-33-34-53-48(35-41)45-18-7-11-24-52(45)63-53/h1-35H. The molecule has 1 aliphatic carbocycles. The Morgan fingerprint density at radius 1 is 0.349 bits per heavy atom. The summed E-state index contributed by atoms with van der Waals surface area (Å²) in [6, 6.07) is 76.0. The number of rotatable bonds is 6. The second-order valence-electron chi connectivity index (χ2n) is 16.3. The number of aromatic nitrogens is 3. The summed E-state index contributed by atoms with van der Waals surface area (Å²) in [6.45, 7) is 0. The van der Waals surface area contributed by atoms with E-state index in [9.17, 15) is 0 Å². The molecule has 294 valence electrons. The fourth-order valence-corrected chi connectivity index (χ4v) is 11.1. The van der Waals surface area contributed by atoms with Gasteiger partial charge in [0, 0.05) is 42.1 Å². The molecule has 0 atom stereocenters. The zero-order valence-electron chi connectivity index (χ0n) is 33.9. The molecule has 0 radical (unpaired) electrons. The minimum Gasteiger partial charge on any atom is -0.455 e. The molecule has 0 bridgehead atoms. The summed E-state index contributed by atoms with van der Waals surface area (Å²) in [4.78, 5) is 15.2. The van der Waals surface area contributed by atoms with Crippen LogP contribution in [-0.2, 0) is 5.41 Å². The highest BCUT2D eigenvalue weighted by atomic mass is 32.1. The number of fused-ring (bicyclic) bond motifs is 9. The van der Waals surface area contributed by atoms with Crippen molar-refractivity contribution in [3.63, 3.8) is 0 Å². The summed E-state index contributed by atoms with van der Waals surface area (Å²) in [5.74, 6) is 1.78. The summed E-state index contributed by atoms with van der Waals surface area (Å²) >= 11 is 1.86. The lowest BCUT2D eigenvalue weighted by Crippen LogP contribution is -2.28. The lowest BCUT2D eigenvalue weighted by Gasteiger charge is -2.34. The fourth-order valence-electron chi connectivity index (χ4n) is 9.97. The van der Waals surface area contributed by atoms with Crippen molar-refractivity contribution in [1.29, 1.82) is 0 Å². The van der Waals surface area contributed by atoms with Crippen LogP contribution >= 0.6 is 11.3 Å². The third-order valence-electron chi connectivity index (χ3n) is 12.9. The molecule has 3 aromatic heterocycles. The summed E-state index contributed by atoms with van der Waals surface area (Å²) in [7, 11) is 0. The lowest BCUT2D eigenvalue weighted by molar-refractivity contribution is 0.669. The molecule has 3 heterocycles. The molecule has 4 nitrogen and oxygen atoms in total. The summed E-state index contributed by atoms with van der Waals surface area (Å²) < 4.78 is 9.05. The zero-order valence-corrected chi connectivity index (χ0v) is 34.7. The van der Waals surface area contributed by atoms with Gasteiger partial charge in [-0.25, -0.2) is 15.0 Å². The summed E-state index contributed by atoms with van der Waals surface area (Å²) in [5, 5.41) is 4.71. The van der Waals surface area contributed by atoms with Crippen molar-refractivity contribution in [1.82, 2.24) is 15.0 Å². The van der Waals surface area contributed by atoms with E-state index in [1.54, 1.807) is 0 Å². The normalized spacial score (nSPS) is 12.9. The highest BCUT2D eigenvalue weighted by Gasteiger charge is 2.46. The number of thiophene rings is 1. The van der Waals surface area contributed by atoms with Gasteiger partial charge in [0.15, 0.2) is 17.5 Å². The molecule has 63 heavy (non-hydrogen) atoms. The van der Waals surface area contributed by atoms with Crippen LogP contribution < -0.4 is 0 Å². The van der Waals surface area contributed by atoms with E-state index in [2.05, 4.69) is 152 Å². The van der Waals surface area contributed by atoms with Crippen LogP contribution in [-0.4, -0.2) is 15.0 Å². The smallest absolute Gasteiger partial charge is 0.167 e. The van der Waals surface area contributed by atoms with Gasteiger partial charge in [0.25, 0.3) is 0 Å². The second kappa shape index (κ2) is 14.0. The predicted molar refractivity (Wildman–Crippen MR) is 259 cm³/mol. The molecule has 1 aliphatic rings. The molecule has 0 N–H and O–H groups in total. The molecule has 0 saturated heterocycles. The first-order valence-electron chi connectivity index (χ1n) is 21.3. The van der Waals surface area contributed by atoms with Crippen LogP contribution in [0.1, 0.15) is 22.3 Å². The van der Waals surface area contributed by atoms with Crippen LogP contribution in [0.25, 0.3) is 98.5 Å². The quantitative estimate of drug-likeness (QED) is 0.168. The monoisotopic (exact) mass is 821 g/mol. The number of nitrogens with zero attached hydrogens (tertiary/aromatic N) is 3. The van der Waals surface area contributed by atoms with Gasteiger partial charge in [-0.2, -0.15) is 0 Å². The van der Waals surface area contributed by atoms with Crippen molar-refractivity contribution >= 4 is 53.4 Å². The zero-order chi connectivity index (χ0) is 41.5. The SMILES string of the molecule is c1ccc(-c2nc(-c3ccc(-c4ccc(C5(c6ccc7sc8ccccc8c7c6)c6ccccc6-c6ccccc65)cc4)cc3)nc(-c3cccc4c3oc3ccccc34)n2)cc1. The first-order valence-corrected chi connectivity index (χ1v) is 22.1. The van der Waals surface area contributed by atoms with E-state index in [0.717, 1.165) is 49.8 Å². The van der Waals surface area contributed by atoms with E-state index in [4.69, 9.17) is 19.4 Å². The Balaban J connectivity index is 0.913. The van der Waals surface area contributed by atoms with Gasteiger partial charge in [-0.1, -0.05) is 182 Å². The summed E-state index contributed by atoms with van der Waals surface area (Å²) in [6.07, 6.45) is 0. The van der Waals surface area contributed by atoms with E-state index < -0.39 is 5.41 Å². The van der Waals surface area contributed by atoms with Crippen molar-refractivity contribution in [3.05, 3.63) is 235 Å². The highest BCUT2D eigenvalue weighted by Crippen LogP contribution is 2.57. The molecule has 0 unspecified atom stereocenters. The highest BCUT2D eigenvalue weighted by molar-refractivity contribution is 7.25. The molecule has 12 aromatic rings. The minimum absolute atomic E-state index is 0.494. The number of para-hydroxylation sites is 2. The molecular weight excluding hydrogens is 787 g/mol. The van der Waals surface area contributed by atoms with Crippen molar-refractivity contribution in [2.45, 2.75) is 5.41 Å². The van der Waals surface area contributed by atoms with E-state index in [0.29, 0.717) is 17.5 Å². The number of hydrogen-bond donors (Lipinski definition) is 0. The lowest BCUT2D eigenvalue weighted by atomic mass is 9.67. The molecule has 5 heteroatoms. The maximum atomic E-state index is 6.43. The van der Waals surface area contributed by atoms with Gasteiger partial charge in [0.05, 0.1) is 11.0 Å². The Kier molecular flexibility index (Phi) is 7.96. The van der Waals surface area contributed by atoms with Gasteiger partial charge < -0.3 is 4.42 Å². The van der Waals surface area contributed by atoms with Gasteiger partial charge in [-0.3, -0.25) is 0 Å². The predicted octanol–water partition coefficient (Wildman–Crippen LogP) is 15.2. The first kappa shape index (κ1) is 35.7. The van der Waals surface area contributed by atoms with E-state index in [1.165, 1.54) is 53.6 Å². The Morgan fingerprint density at radius 2 is 0.873 bits per heavy atom. The maximum absolute atomic E-state index is 6.43. The topological polar surface area (TPSA) is 51.8 Å². The fraction of sp³-hybridized carbons (Fsp3) is 0.0172. The molecule has 13 rings (SSSR count). The van der Waals surface area contributed by atoms with Gasteiger partial charge >= 0.3 is 0 Å². The average molecular weight is 822 g/mol. The third kappa shape index (κ3) is 5.50. The van der Waals surface area contributed by atoms with Crippen molar-refractivity contribution in [2.24, 2.45) is 0 Å². The van der Waals surface area contributed by atoms with Crippen LogP contribution in [0.2, 0.25) is 0 Å². The Labute approximate surface area is 367 Å². The Bertz CT molecular complexity index is 3690. The maximum Gasteiger partial charge on any atom is 0.167 e. The van der Waals surface area contributed by atoms with Gasteiger partial charge in [-0.15, -0.1) is 11.3 Å². The number of furan rings is 1. The van der Waals surface area contributed by atoms with Gasteiger partial charge in [-0.05, 0) is 74.8 Å². The average Bonchev–Trinajstić information content (AvgIpc) is 4.03. The Morgan fingerprint density at radius 3 is 1.62 bits per heavy atom. The molecule has 9 aromatic carbocycles. The number of hydrogen-bond acceptors (Lipinski definition) is 5. The molecular formula is C58H35N3OS. The second-order valence-corrected chi connectivity index (χ2v) is 17.3. The van der Waals surface area contributed by atoms with Crippen LogP contribution in [0.3, 0.4) is 0 Å². The van der Waals surface area contributed by atoms with Gasteiger partial charge in [0.1, 0.15) is 11.2 Å². The third-order valence-corrected chi connectivity index (χ3v) is 14.0. The first-order chi connectivity index (χ1) is 31.2. The van der Waals surface area contributed by atoms with E-state index in [-0.39, 0.29) is 0 Å². The summed E-state index contributed by atoms with van der Waals surface area (Å²) in [5.41, 5.74) is 13.7.